The minimum atomic E-state index is -0.0928. The van der Waals surface area contributed by atoms with Gasteiger partial charge in [0.2, 0.25) is 5.91 Å². The summed E-state index contributed by atoms with van der Waals surface area (Å²) in [4.78, 5) is 34.1. The summed E-state index contributed by atoms with van der Waals surface area (Å²) in [7, 11) is 0. The fourth-order valence-corrected chi connectivity index (χ4v) is 4.04. The normalized spacial score (nSPS) is 22.0. The molecule has 2 aliphatic rings. The third-order valence-electron chi connectivity index (χ3n) is 5.75. The maximum atomic E-state index is 12.7. The summed E-state index contributed by atoms with van der Waals surface area (Å²) in [5.41, 5.74) is 2.23. The van der Waals surface area contributed by atoms with Crippen LogP contribution < -0.4 is 5.56 Å². The number of nitrogens with one attached hydrogen (secondary N) is 1. The van der Waals surface area contributed by atoms with Crippen LogP contribution in [0.3, 0.4) is 0 Å². The van der Waals surface area contributed by atoms with Gasteiger partial charge in [0.15, 0.2) is 5.65 Å². The highest BCUT2D eigenvalue weighted by Crippen LogP contribution is 2.32. The van der Waals surface area contributed by atoms with Crippen molar-refractivity contribution in [2.75, 3.05) is 19.6 Å². The first-order valence-electron chi connectivity index (χ1n) is 10.0. The fraction of sp³-hybridized carbons (Fsp3) is 0.650. The number of fused-ring (bicyclic) bond motifs is 1. The lowest BCUT2D eigenvalue weighted by molar-refractivity contribution is -0.133. The van der Waals surface area contributed by atoms with E-state index in [2.05, 4.69) is 33.7 Å². The molecule has 2 fully saturated rings. The molecule has 0 spiro atoms. The van der Waals surface area contributed by atoms with Gasteiger partial charge in [-0.25, -0.2) is 9.50 Å². The lowest BCUT2D eigenvalue weighted by Crippen LogP contribution is -2.47. The molecular formula is C20H29N5O2. The summed E-state index contributed by atoms with van der Waals surface area (Å²) < 4.78 is 1.47. The number of carbonyl (C=O) groups excluding carboxylic acids is 1. The van der Waals surface area contributed by atoms with E-state index in [1.54, 1.807) is 6.07 Å². The highest BCUT2D eigenvalue weighted by Gasteiger charge is 2.35. The molecule has 7 heteroatoms. The lowest BCUT2D eigenvalue weighted by Gasteiger charge is -2.34. The van der Waals surface area contributed by atoms with Gasteiger partial charge < -0.3 is 4.90 Å². The maximum Gasteiger partial charge on any atom is 0.272 e. The predicted octanol–water partition coefficient (Wildman–Crippen LogP) is 1.80. The van der Waals surface area contributed by atoms with Crippen LogP contribution in [0.25, 0.3) is 5.65 Å². The van der Waals surface area contributed by atoms with Crippen molar-refractivity contribution in [1.82, 2.24) is 24.4 Å². The van der Waals surface area contributed by atoms with Crippen LogP contribution in [0.1, 0.15) is 44.5 Å². The number of H-pyrrole nitrogens is 1. The van der Waals surface area contributed by atoms with E-state index in [4.69, 9.17) is 0 Å². The Morgan fingerprint density at radius 2 is 2.04 bits per heavy atom. The summed E-state index contributed by atoms with van der Waals surface area (Å²) in [5, 5.41) is 3.00. The van der Waals surface area contributed by atoms with E-state index in [0.717, 1.165) is 31.0 Å². The zero-order valence-electron chi connectivity index (χ0n) is 16.4. The van der Waals surface area contributed by atoms with Crippen molar-refractivity contribution in [3.8, 4) is 0 Å². The molecule has 0 unspecified atom stereocenters. The number of hydrogen-bond donors (Lipinski definition) is 1. The molecule has 7 nitrogen and oxygen atoms in total. The smallest absolute Gasteiger partial charge is 0.272 e. The van der Waals surface area contributed by atoms with Gasteiger partial charge in [-0.15, -0.1) is 0 Å². The Balaban J connectivity index is 1.55. The van der Waals surface area contributed by atoms with E-state index in [0.29, 0.717) is 30.4 Å². The Morgan fingerprint density at radius 1 is 1.26 bits per heavy atom. The van der Waals surface area contributed by atoms with Crippen LogP contribution in [0, 0.1) is 18.8 Å². The first-order valence-corrected chi connectivity index (χ1v) is 10.0. The minimum absolute atomic E-state index is 0.0928. The van der Waals surface area contributed by atoms with Gasteiger partial charge in [-0.1, -0.05) is 13.8 Å². The van der Waals surface area contributed by atoms with Crippen LogP contribution in [0.5, 0.6) is 0 Å². The molecule has 2 aromatic heterocycles. The van der Waals surface area contributed by atoms with Gasteiger partial charge in [0.1, 0.15) is 0 Å². The molecule has 4 rings (SSSR count). The van der Waals surface area contributed by atoms with Gasteiger partial charge >= 0.3 is 0 Å². The summed E-state index contributed by atoms with van der Waals surface area (Å²) in [5.74, 6) is 1.37. The van der Waals surface area contributed by atoms with Crippen LogP contribution in [-0.4, -0.2) is 56.0 Å². The van der Waals surface area contributed by atoms with E-state index in [9.17, 15) is 9.59 Å². The van der Waals surface area contributed by atoms with Crippen molar-refractivity contribution in [3.05, 3.63) is 33.9 Å². The van der Waals surface area contributed by atoms with Gasteiger partial charge in [-0.2, -0.15) is 0 Å². The van der Waals surface area contributed by atoms with Gasteiger partial charge in [-0.3, -0.25) is 19.6 Å². The zero-order valence-corrected chi connectivity index (χ0v) is 16.4. The number of rotatable bonds is 5. The number of carbonyl (C=O) groups is 1. The molecule has 0 aromatic carbocycles. The number of amides is 1. The molecule has 1 atom stereocenters. The first-order chi connectivity index (χ1) is 12.9. The summed E-state index contributed by atoms with van der Waals surface area (Å²) in [6.45, 7) is 9.37. The maximum absolute atomic E-state index is 12.7. The van der Waals surface area contributed by atoms with E-state index in [1.807, 2.05) is 13.0 Å². The van der Waals surface area contributed by atoms with Crippen LogP contribution in [0.4, 0.5) is 0 Å². The SMILES string of the molecule is Cc1cc2nc(CN3CCC(=O)N(CC4CC4)[C@H](C(C)C)C3)cc(=O)n2[nH]1. The molecular weight excluding hydrogens is 342 g/mol. The third-order valence-corrected chi connectivity index (χ3v) is 5.75. The number of hydrogen-bond acceptors (Lipinski definition) is 4. The number of aryl methyl sites for hydroxylation is 1. The van der Waals surface area contributed by atoms with Gasteiger partial charge in [0.05, 0.1) is 5.69 Å². The Hall–Kier alpha value is -2.15. The molecule has 0 bridgehead atoms. The molecule has 1 amide bonds. The molecule has 2 aromatic rings. The second-order valence-corrected chi connectivity index (χ2v) is 8.50. The molecule has 1 saturated carbocycles. The van der Waals surface area contributed by atoms with E-state index in [-0.39, 0.29) is 17.5 Å². The lowest BCUT2D eigenvalue weighted by atomic mass is 10.0. The highest BCUT2D eigenvalue weighted by atomic mass is 16.2. The molecule has 1 aliphatic carbocycles. The number of nitrogens with zero attached hydrogens (tertiary/aromatic N) is 4. The van der Waals surface area contributed by atoms with Gasteiger partial charge in [0, 0.05) is 56.5 Å². The van der Waals surface area contributed by atoms with Crippen molar-refractivity contribution >= 4 is 11.6 Å². The molecule has 1 saturated heterocycles. The van der Waals surface area contributed by atoms with Crippen molar-refractivity contribution in [3.63, 3.8) is 0 Å². The third kappa shape index (κ3) is 3.93. The second-order valence-electron chi connectivity index (χ2n) is 8.50. The fourth-order valence-electron chi connectivity index (χ4n) is 4.04. The van der Waals surface area contributed by atoms with Crippen molar-refractivity contribution in [2.24, 2.45) is 11.8 Å². The Kier molecular flexibility index (Phi) is 4.80. The largest absolute Gasteiger partial charge is 0.338 e. The number of aromatic nitrogens is 3. The minimum Gasteiger partial charge on any atom is -0.338 e. The van der Waals surface area contributed by atoms with E-state index < -0.39 is 0 Å². The van der Waals surface area contributed by atoms with E-state index >= 15 is 0 Å². The average Bonchev–Trinajstić information content (AvgIpc) is 3.36. The standard InChI is InChI=1S/C20H29N5O2/c1-13(2)17-12-23(7-6-19(26)24(17)10-15-4-5-15)11-16-9-20(27)25-18(21-16)8-14(3)22-25/h8-9,13,15,17,22H,4-7,10-12H2,1-3H3/t17-/m0/s1. The van der Waals surface area contributed by atoms with Crippen LogP contribution in [-0.2, 0) is 11.3 Å². The zero-order chi connectivity index (χ0) is 19.1. The van der Waals surface area contributed by atoms with Gasteiger partial charge in [-0.05, 0) is 31.6 Å². The quantitative estimate of drug-likeness (QED) is 0.870. The van der Waals surface area contributed by atoms with Gasteiger partial charge in [0.25, 0.3) is 5.56 Å². The molecule has 146 valence electrons. The van der Waals surface area contributed by atoms with Crippen molar-refractivity contribution in [1.29, 1.82) is 0 Å². The van der Waals surface area contributed by atoms with Crippen molar-refractivity contribution < 1.29 is 4.79 Å². The van der Waals surface area contributed by atoms with Crippen LogP contribution in [0.2, 0.25) is 0 Å². The topological polar surface area (TPSA) is 73.7 Å². The monoisotopic (exact) mass is 371 g/mol. The number of aromatic amines is 1. The molecule has 3 heterocycles. The second kappa shape index (κ2) is 7.11. The molecule has 1 aliphatic heterocycles. The summed E-state index contributed by atoms with van der Waals surface area (Å²) in [6.07, 6.45) is 3.05. The molecule has 1 N–H and O–H groups in total. The summed E-state index contributed by atoms with van der Waals surface area (Å²) >= 11 is 0. The van der Waals surface area contributed by atoms with E-state index in [1.165, 1.54) is 17.4 Å². The highest BCUT2D eigenvalue weighted by molar-refractivity contribution is 5.77. The first kappa shape index (κ1) is 18.2. The molecule has 27 heavy (non-hydrogen) atoms. The Morgan fingerprint density at radius 3 is 2.74 bits per heavy atom. The Bertz CT molecular complexity index is 895. The van der Waals surface area contributed by atoms with Crippen LogP contribution >= 0.6 is 0 Å². The predicted molar refractivity (Wildman–Crippen MR) is 104 cm³/mol. The van der Waals surface area contributed by atoms with Crippen molar-refractivity contribution in [2.45, 2.75) is 52.6 Å². The van der Waals surface area contributed by atoms with Crippen LogP contribution in [0.15, 0.2) is 16.9 Å². The molecule has 0 radical (unpaired) electrons. The Labute approximate surface area is 159 Å². The summed E-state index contributed by atoms with van der Waals surface area (Å²) in [6, 6.07) is 3.70. The average molecular weight is 371 g/mol.